The van der Waals surface area contributed by atoms with Gasteiger partial charge >= 0.3 is 0 Å². The molecule has 0 spiro atoms. The lowest BCUT2D eigenvalue weighted by atomic mass is 9.89. The van der Waals surface area contributed by atoms with Gasteiger partial charge in [-0.05, 0) is 39.7 Å². The summed E-state index contributed by atoms with van der Waals surface area (Å²) in [6.07, 6.45) is 4.66. The molecule has 96 valence electrons. The van der Waals surface area contributed by atoms with E-state index < -0.39 is 0 Å². The van der Waals surface area contributed by atoms with Gasteiger partial charge in [-0.2, -0.15) is 5.10 Å². The van der Waals surface area contributed by atoms with Crippen molar-refractivity contribution in [3.63, 3.8) is 0 Å². The van der Waals surface area contributed by atoms with Gasteiger partial charge in [0.05, 0.1) is 16.4 Å². The molecule has 1 atom stereocenters. The number of hydrogen-bond donors (Lipinski definition) is 1. The van der Waals surface area contributed by atoms with Crippen molar-refractivity contribution in [2.24, 2.45) is 0 Å². The molecule has 1 N–H and O–H groups in total. The molecule has 1 unspecified atom stereocenters. The summed E-state index contributed by atoms with van der Waals surface area (Å²) >= 11 is 6.38. The van der Waals surface area contributed by atoms with Crippen LogP contribution >= 0.6 is 11.6 Å². The van der Waals surface area contributed by atoms with Crippen LogP contribution < -0.4 is 5.32 Å². The van der Waals surface area contributed by atoms with Gasteiger partial charge in [-0.25, -0.2) is 0 Å². The summed E-state index contributed by atoms with van der Waals surface area (Å²) in [4.78, 5) is 0. The van der Waals surface area contributed by atoms with Crippen molar-refractivity contribution < 1.29 is 0 Å². The van der Waals surface area contributed by atoms with Crippen LogP contribution in [0, 0.1) is 6.92 Å². The topological polar surface area (TPSA) is 29.9 Å². The van der Waals surface area contributed by atoms with E-state index in [1.165, 1.54) is 18.5 Å². The highest BCUT2D eigenvalue weighted by atomic mass is 35.5. The molecular formula is C13H22ClN3. The monoisotopic (exact) mass is 255 g/mol. The number of nitrogens with zero attached hydrogens (tertiary/aromatic N) is 2. The van der Waals surface area contributed by atoms with Crippen LogP contribution in [0.4, 0.5) is 0 Å². The Hall–Kier alpha value is -0.540. The van der Waals surface area contributed by atoms with Crippen LogP contribution in [0.3, 0.4) is 0 Å². The Morgan fingerprint density at radius 1 is 1.47 bits per heavy atom. The lowest BCUT2D eigenvalue weighted by Crippen LogP contribution is -2.41. The lowest BCUT2D eigenvalue weighted by Gasteiger charge is -2.28. The maximum absolute atomic E-state index is 6.38. The summed E-state index contributed by atoms with van der Waals surface area (Å²) in [6, 6.07) is 0. The van der Waals surface area contributed by atoms with E-state index in [0.717, 1.165) is 36.6 Å². The van der Waals surface area contributed by atoms with Crippen LogP contribution in [-0.4, -0.2) is 21.9 Å². The van der Waals surface area contributed by atoms with Gasteiger partial charge in [0.25, 0.3) is 0 Å². The normalized spacial score (nSPS) is 24.5. The summed E-state index contributed by atoms with van der Waals surface area (Å²) in [6.45, 7) is 8.38. The van der Waals surface area contributed by atoms with E-state index in [-0.39, 0.29) is 5.54 Å². The highest BCUT2D eigenvalue weighted by Crippen LogP contribution is 2.31. The molecule has 2 rings (SSSR count). The third-order valence-corrected chi connectivity index (χ3v) is 4.46. The number of hydrogen-bond acceptors (Lipinski definition) is 2. The third-order valence-electron chi connectivity index (χ3n) is 3.97. The summed E-state index contributed by atoms with van der Waals surface area (Å²) in [7, 11) is 0. The molecule has 2 heterocycles. The molecule has 1 aromatic heterocycles. The molecule has 1 fully saturated rings. The zero-order valence-corrected chi connectivity index (χ0v) is 11.8. The average molecular weight is 256 g/mol. The number of aromatic nitrogens is 2. The quantitative estimate of drug-likeness (QED) is 0.897. The van der Waals surface area contributed by atoms with Crippen molar-refractivity contribution in [3.05, 3.63) is 16.4 Å². The summed E-state index contributed by atoms with van der Waals surface area (Å²) in [5.41, 5.74) is 2.39. The molecule has 0 aliphatic carbocycles. The minimum Gasteiger partial charge on any atom is -0.311 e. The van der Waals surface area contributed by atoms with Gasteiger partial charge in [-0.3, -0.25) is 4.68 Å². The molecule has 1 aliphatic rings. The van der Waals surface area contributed by atoms with Gasteiger partial charge in [0.1, 0.15) is 0 Å². The van der Waals surface area contributed by atoms with Crippen LogP contribution in [0.5, 0.6) is 0 Å². The molecule has 0 radical (unpaired) electrons. The lowest BCUT2D eigenvalue weighted by molar-refractivity contribution is 0.349. The molecule has 0 amide bonds. The van der Waals surface area contributed by atoms with Gasteiger partial charge in [0.2, 0.25) is 0 Å². The largest absolute Gasteiger partial charge is 0.311 e. The minimum atomic E-state index is 0.239. The zero-order chi connectivity index (χ0) is 12.5. The molecule has 1 saturated heterocycles. The summed E-state index contributed by atoms with van der Waals surface area (Å²) < 4.78 is 2.05. The highest BCUT2D eigenvalue weighted by molar-refractivity contribution is 6.31. The van der Waals surface area contributed by atoms with Crippen LogP contribution in [0.15, 0.2) is 0 Å². The van der Waals surface area contributed by atoms with Crippen molar-refractivity contribution in [1.29, 1.82) is 0 Å². The minimum absolute atomic E-state index is 0.239. The molecule has 4 heteroatoms. The molecule has 0 saturated carbocycles. The van der Waals surface area contributed by atoms with Gasteiger partial charge in [-0.15, -0.1) is 0 Å². The Morgan fingerprint density at radius 3 is 2.76 bits per heavy atom. The van der Waals surface area contributed by atoms with Crippen LogP contribution in [0.25, 0.3) is 0 Å². The SMILES string of the molecule is CCn1nc(C)c(Cl)c1CC1(CC)CCCN1. The third kappa shape index (κ3) is 2.36. The first-order chi connectivity index (χ1) is 8.12. The van der Waals surface area contributed by atoms with E-state index in [1.54, 1.807) is 0 Å². The Bertz CT molecular complexity index is 392. The molecule has 17 heavy (non-hydrogen) atoms. The Balaban J connectivity index is 2.28. The molecule has 0 bridgehead atoms. The molecular weight excluding hydrogens is 234 g/mol. The first-order valence-corrected chi connectivity index (χ1v) is 6.96. The second-order valence-electron chi connectivity index (χ2n) is 5.00. The second-order valence-corrected chi connectivity index (χ2v) is 5.38. The van der Waals surface area contributed by atoms with Crippen LogP contribution in [0.1, 0.15) is 44.5 Å². The van der Waals surface area contributed by atoms with Gasteiger partial charge in [0.15, 0.2) is 0 Å². The van der Waals surface area contributed by atoms with E-state index in [9.17, 15) is 0 Å². The Labute approximate surface area is 109 Å². The maximum atomic E-state index is 6.38. The van der Waals surface area contributed by atoms with Crippen molar-refractivity contribution in [2.75, 3.05) is 6.54 Å². The van der Waals surface area contributed by atoms with Gasteiger partial charge in [0, 0.05) is 18.5 Å². The van der Waals surface area contributed by atoms with Crippen molar-refractivity contribution in [1.82, 2.24) is 15.1 Å². The van der Waals surface area contributed by atoms with Crippen molar-refractivity contribution in [3.8, 4) is 0 Å². The van der Waals surface area contributed by atoms with Crippen LogP contribution in [-0.2, 0) is 13.0 Å². The fourth-order valence-electron chi connectivity index (χ4n) is 2.80. The van der Waals surface area contributed by atoms with Crippen molar-refractivity contribution >= 4 is 11.6 Å². The Kier molecular flexibility index (Phi) is 3.79. The second kappa shape index (κ2) is 4.99. The van der Waals surface area contributed by atoms with Gasteiger partial charge in [-0.1, -0.05) is 18.5 Å². The molecule has 1 aliphatic heterocycles. The predicted molar refractivity (Wildman–Crippen MR) is 71.6 cm³/mol. The first kappa shape index (κ1) is 12.9. The molecule has 3 nitrogen and oxygen atoms in total. The van der Waals surface area contributed by atoms with E-state index >= 15 is 0 Å². The maximum Gasteiger partial charge on any atom is 0.0847 e. The highest BCUT2D eigenvalue weighted by Gasteiger charge is 2.33. The first-order valence-electron chi connectivity index (χ1n) is 6.58. The number of aryl methyl sites for hydroxylation is 2. The molecule has 0 aromatic carbocycles. The fourth-order valence-corrected chi connectivity index (χ4v) is 3.01. The van der Waals surface area contributed by atoms with E-state index in [2.05, 4.69) is 28.9 Å². The summed E-state index contributed by atoms with van der Waals surface area (Å²) in [5.74, 6) is 0. The predicted octanol–water partition coefficient (Wildman–Crippen LogP) is 2.94. The Morgan fingerprint density at radius 2 is 2.24 bits per heavy atom. The molecule has 1 aromatic rings. The van der Waals surface area contributed by atoms with Crippen molar-refractivity contribution in [2.45, 2.75) is 58.5 Å². The van der Waals surface area contributed by atoms with E-state index in [4.69, 9.17) is 11.6 Å². The van der Waals surface area contributed by atoms with E-state index in [0.29, 0.717) is 0 Å². The number of rotatable bonds is 4. The standard InChI is InChI=1S/C13H22ClN3/c1-4-13(7-6-8-15-13)9-11-12(14)10(3)16-17(11)5-2/h15H,4-9H2,1-3H3. The number of nitrogens with one attached hydrogen (secondary N) is 1. The average Bonchev–Trinajstić information content (AvgIpc) is 2.90. The zero-order valence-electron chi connectivity index (χ0n) is 11.0. The fraction of sp³-hybridized carbons (Fsp3) is 0.769. The van der Waals surface area contributed by atoms with Gasteiger partial charge < -0.3 is 5.32 Å². The smallest absolute Gasteiger partial charge is 0.0847 e. The summed E-state index contributed by atoms with van der Waals surface area (Å²) in [5, 5.41) is 9.00. The number of halogens is 1. The van der Waals surface area contributed by atoms with Crippen LogP contribution in [0.2, 0.25) is 5.02 Å². The van der Waals surface area contributed by atoms with E-state index in [1.807, 2.05) is 6.92 Å².